The quantitative estimate of drug-likeness (QED) is 0.919. The Bertz CT molecular complexity index is 406. The SMILES string of the molecule is Clc1nc(Cl)nc(NCC2CC3CCC2C3)n1. The van der Waals surface area contributed by atoms with Crippen molar-refractivity contribution in [3.05, 3.63) is 10.6 Å². The molecule has 3 unspecified atom stereocenters. The standard InChI is InChI=1S/C11H14Cl2N4/c12-9-15-10(13)17-11(16-9)14-5-8-4-6-1-2-7(8)3-6/h6-8H,1-5H2,(H,14,15,16,17). The third-order valence-corrected chi connectivity index (χ3v) is 4.33. The van der Waals surface area contributed by atoms with Crippen molar-refractivity contribution in [3.63, 3.8) is 0 Å². The van der Waals surface area contributed by atoms with Gasteiger partial charge in [0.25, 0.3) is 0 Å². The van der Waals surface area contributed by atoms with Crippen LogP contribution in [-0.2, 0) is 0 Å². The van der Waals surface area contributed by atoms with E-state index in [1.54, 1.807) is 0 Å². The van der Waals surface area contributed by atoms with Crippen LogP contribution in [0.3, 0.4) is 0 Å². The highest BCUT2D eigenvalue weighted by molar-refractivity contribution is 6.31. The monoisotopic (exact) mass is 272 g/mol. The van der Waals surface area contributed by atoms with Crippen molar-refractivity contribution in [2.75, 3.05) is 11.9 Å². The predicted molar refractivity (Wildman–Crippen MR) is 67.3 cm³/mol. The molecular formula is C11H14Cl2N4. The van der Waals surface area contributed by atoms with Gasteiger partial charge in [-0.25, -0.2) is 0 Å². The lowest BCUT2D eigenvalue weighted by atomic mass is 9.89. The number of rotatable bonds is 3. The summed E-state index contributed by atoms with van der Waals surface area (Å²) in [4.78, 5) is 11.7. The van der Waals surface area contributed by atoms with E-state index in [-0.39, 0.29) is 10.6 Å². The second kappa shape index (κ2) is 4.58. The number of nitrogens with zero attached hydrogens (tertiary/aromatic N) is 3. The Balaban J connectivity index is 1.60. The van der Waals surface area contributed by atoms with Crippen LogP contribution < -0.4 is 5.32 Å². The van der Waals surface area contributed by atoms with Gasteiger partial charge >= 0.3 is 0 Å². The van der Waals surface area contributed by atoms with Crippen molar-refractivity contribution in [2.45, 2.75) is 25.7 Å². The van der Waals surface area contributed by atoms with Crippen LogP contribution in [0.1, 0.15) is 25.7 Å². The first-order valence-electron chi connectivity index (χ1n) is 6.01. The average Bonchev–Trinajstić information content (AvgIpc) is 2.86. The smallest absolute Gasteiger partial charge is 0.228 e. The molecule has 4 nitrogen and oxygen atoms in total. The largest absolute Gasteiger partial charge is 0.354 e. The lowest BCUT2D eigenvalue weighted by Crippen LogP contribution is -2.21. The molecule has 3 atom stereocenters. The molecule has 3 rings (SSSR count). The molecule has 2 saturated carbocycles. The van der Waals surface area contributed by atoms with Gasteiger partial charge in [-0.05, 0) is 60.2 Å². The molecule has 1 aromatic rings. The zero-order chi connectivity index (χ0) is 11.8. The van der Waals surface area contributed by atoms with E-state index >= 15 is 0 Å². The maximum atomic E-state index is 5.72. The Morgan fingerprint density at radius 2 is 1.82 bits per heavy atom. The molecule has 6 heteroatoms. The van der Waals surface area contributed by atoms with E-state index in [1.165, 1.54) is 25.7 Å². The minimum absolute atomic E-state index is 0.139. The Morgan fingerprint density at radius 3 is 2.41 bits per heavy atom. The number of nitrogens with one attached hydrogen (secondary N) is 1. The zero-order valence-electron chi connectivity index (χ0n) is 9.37. The summed E-state index contributed by atoms with van der Waals surface area (Å²) in [5.74, 6) is 3.08. The maximum absolute atomic E-state index is 5.72. The van der Waals surface area contributed by atoms with Crippen molar-refractivity contribution >= 4 is 29.2 Å². The van der Waals surface area contributed by atoms with Crippen LogP contribution in [0, 0.1) is 17.8 Å². The Morgan fingerprint density at radius 1 is 1.06 bits per heavy atom. The van der Waals surface area contributed by atoms with E-state index in [0.29, 0.717) is 5.95 Å². The van der Waals surface area contributed by atoms with Crippen molar-refractivity contribution in [1.29, 1.82) is 0 Å². The van der Waals surface area contributed by atoms with Gasteiger partial charge in [0.15, 0.2) is 0 Å². The third kappa shape index (κ3) is 2.47. The van der Waals surface area contributed by atoms with Crippen LogP contribution in [0.25, 0.3) is 0 Å². The molecule has 0 radical (unpaired) electrons. The fourth-order valence-corrected chi connectivity index (χ4v) is 3.62. The lowest BCUT2D eigenvalue weighted by molar-refractivity contribution is 0.348. The van der Waals surface area contributed by atoms with Crippen molar-refractivity contribution in [3.8, 4) is 0 Å². The number of fused-ring (bicyclic) bond motifs is 2. The number of hydrogen-bond donors (Lipinski definition) is 1. The highest BCUT2D eigenvalue weighted by Gasteiger charge is 2.39. The number of anilines is 1. The van der Waals surface area contributed by atoms with Gasteiger partial charge in [-0.3, -0.25) is 0 Å². The summed E-state index contributed by atoms with van der Waals surface area (Å²) in [6.45, 7) is 0.915. The molecule has 1 aromatic heterocycles. The van der Waals surface area contributed by atoms with E-state index < -0.39 is 0 Å². The van der Waals surface area contributed by atoms with E-state index in [2.05, 4.69) is 20.3 Å². The molecule has 0 aromatic carbocycles. The highest BCUT2D eigenvalue weighted by atomic mass is 35.5. The highest BCUT2D eigenvalue weighted by Crippen LogP contribution is 2.48. The normalized spacial score (nSPS) is 30.8. The second-order valence-corrected chi connectivity index (χ2v) is 5.69. The molecule has 0 saturated heterocycles. The fraction of sp³-hybridized carbons (Fsp3) is 0.727. The van der Waals surface area contributed by atoms with Crippen LogP contribution >= 0.6 is 23.2 Å². The summed E-state index contributed by atoms with van der Waals surface area (Å²) in [6.07, 6.45) is 5.55. The van der Waals surface area contributed by atoms with Crippen molar-refractivity contribution in [2.24, 2.45) is 17.8 Å². The van der Waals surface area contributed by atoms with Crippen molar-refractivity contribution < 1.29 is 0 Å². The number of aromatic nitrogens is 3. The van der Waals surface area contributed by atoms with E-state index in [0.717, 1.165) is 24.3 Å². The molecule has 1 heterocycles. The van der Waals surface area contributed by atoms with E-state index in [1.807, 2.05) is 0 Å². The minimum atomic E-state index is 0.139. The molecule has 2 fully saturated rings. The Kier molecular flexibility index (Phi) is 3.09. The molecule has 17 heavy (non-hydrogen) atoms. The number of hydrogen-bond acceptors (Lipinski definition) is 4. The molecule has 1 N–H and O–H groups in total. The Labute approximate surface area is 110 Å². The summed E-state index contributed by atoms with van der Waals surface area (Å²) in [5, 5.41) is 3.50. The summed E-state index contributed by atoms with van der Waals surface area (Å²) in [6, 6.07) is 0. The fourth-order valence-electron chi connectivity index (χ4n) is 3.25. The topological polar surface area (TPSA) is 50.7 Å². The van der Waals surface area contributed by atoms with Gasteiger partial charge < -0.3 is 5.32 Å². The van der Waals surface area contributed by atoms with Crippen LogP contribution in [0.5, 0.6) is 0 Å². The average molecular weight is 273 g/mol. The molecule has 2 aliphatic rings. The van der Waals surface area contributed by atoms with Gasteiger partial charge in [0.1, 0.15) is 0 Å². The summed E-state index contributed by atoms with van der Waals surface area (Å²) in [5.41, 5.74) is 0. The predicted octanol–water partition coefficient (Wildman–Crippen LogP) is 3.03. The van der Waals surface area contributed by atoms with Gasteiger partial charge in [-0.15, -0.1) is 0 Å². The third-order valence-electron chi connectivity index (χ3n) is 3.99. The zero-order valence-corrected chi connectivity index (χ0v) is 10.9. The first kappa shape index (κ1) is 11.5. The number of halogens is 2. The lowest BCUT2D eigenvalue weighted by Gasteiger charge is -2.21. The summed E-state index contributed by atoms with van der Waals surface area (Å²) in [7, 11) is 0. The molecule has 2 aliphatic carbocycles. The maximum Gasteiger partial charge on any atom is 0.228 e. The summed E-state index contributed by atoms with van der Waals surface area (Å²) >= 11 is 11.4. The van der Waals surface area contributed by atoms with Crippen LogP contribution in [0.15, 0.2) is 0 Å². The molecular weight excluding hydrogens is 259 g/mol. The molecule has 0 aliphatic heterocycles. The van der Waals surface area contributed by atoms with Crippen LogP contribution in [-0.4, -0.2) is 21.5 Å². The van der Waals surface area contributed by atoms with Gasteiger partial charge in [0.2, 0.25) is 16.5 Å². The van der Waals surface area contributed by atoms with Gasteiger partial charge in [-0.2, -0.15) is 15.0 Å². The molecule has 0 amide bonds. The van der Waals surface area contributed by atoms with Crippen LogP contribution in [0.4, 0.5) is 5.95 Å². The van der Waals surface area contributed by atoms with Crippen molar-refractivity contribution in [1.82, 2.24) is 15.0 Å². The van der Waals surface area contributed by atoms with Gasteiger partial charge in [-0.1, -0.05) is 6.42 Å². The first-order chi connectivity index (χ1) is 8.20. The molecule has 2 bridgehead atoms. The summed E-state index contributed by atoms with van der Waals surface area (Å²) < 4.78 is 0. The second-order valence-electron chi connectivity index (χ2n) is 5.01. The Hall–Kier alpha value is -0.610. The van der Waals surface area contributed by atoms with Crippen LogP contribution in [0.2, 0.25) is 10.6 Å². The van der Waals surface area contributed by atoms with Gasteiger partial charge in [0.05, 0.1) is 0 Å². The van der Waals surface area contributed by atoms with Gasteiger partial charge in [0, 0.05) is 6.54 Å². The minimum Gasteiger partial charge on any atom is -0.354 e. The van der Waals surface area contributed by atoms with E-state index in [9.17, 15) is 0 Å². The molecule has 92 valence electrons. The first-order valence-corrected chi connectivity index (χ1v) is 6.77. The van der Waals surface area contributed by atoms with E-state index in [4.69, 9.17) is 23.2 Å². The molecule has 0 spiro atoms.